The summed E-state index contributed by atoms with van der Waals surface area (Å²) in [6.07, 6.45) is 6.05. The van der Waals surface area contributed by atoms with E-state index >= 15 is 4.39 Å². The van der Waals surface area contributed by atoms with Crippen LogP contribution in [0.15, 0.2) is 42.9 Å². The van der Waals surface area contributed by atoms with Crippen LogP contribution < -0.4 is 11.1 Å². The zero-order chi connectivity index (χ0) is 21.9. The molecule has 0 saturated heterocycles. The molecule has 2 aliphatic rings. The third-order valence-corrected chi connectivity index (χ3v) is 6.75. The van der Waals surface area contributed by atoms with Gasteiger partial charge in [-0.05, 0) is 42.2 Å². The second-order valence-corrected chi connectivity index (χ2v) is 8.73. The molecule has 1 amide bonds. The third-order valence-electron chi connectivity index (χ3n) is 6.35. The first-order valence-electron chi connectivity index (χ1n) is 9.98. The van der Waals surface area contributed by atoms with E-state index in [1.54, 1.807) is 38.8 Å². The summed E-state index contributed by atoms with van der Waals surface area (Å²) in [5.41, 5.74) is 8.44. The predicted molar refractivity (Wildman–Crippen MR) is 119 cm³/mol. The number of halogens is 2. The van der Waals surface area contributed by atoms with Gasteiger partial charge in [0.1, 0.15) is 11.6 Å². The van der Waals surface area contributed by atoms with E-state index in [4.69, 9.17) is 17.3 Å². The van der Waals surface area contributed by atoms with Gasteiger partial charge in [0.25, 0.3) is 5.91 Å². The van der Waals surface area contributed by atoms with Crippen molar-refractivity contribution in [1.29, 1.82) is 0 Å². The van der Waals surface area contributed by atoms with Crippen LogP contribution in [0.2, 0.25) is 5.02 Å². The molecule has 1 aromatic carbocycles. The Kier molecular flexibility index (Phi) is 4.41. The number of carbonyl (C=O) groups is 1. The van der Waals surface area contributed by atoms with Gasteiger partial charge in [-0.25, -0.2) is 9.37 Å². The number of nitrogens with one attached hydrogen (secondary N) is 1. The van der Waals surface area contributed by atoms with Crippen LogP contribution in [0.3, 0.4) is 0 Å². The highest BCUT2D eigenvalue weighted by Crippen LogP contribution is 2.66. The molecule has 3 aromatic rings. The molecule has 31 heavy (non-hydrogen) atoms. The van der Waals surface area contributed by atoms with Crippen LogP contribution in [0.1, 0.15) is 33.8 Å². The predicted octanol–water partition coefficient (Wildman–Crippen LogP) is 4.07. The molecule has 1 fully saturated rings. The fourth-order valence-electron chi connectivity index (χ4n) is 4.64. The van der Waals surface area contributed by atoms with Gasteiger partial charge < -0.3 is 16.0 Å². The molecule has 0 radical (unpaired) electrons. The minimum Gasteiger partial charge on any atom is -0.398 e. The molecular weight excluding hydrogens is 417 g/mol. The summed E-state index contributed by atoms with van der Waals surface area (Å²) in [6, 6.07) is 7.11. The van der Waals surface area contributed by atoms with Crippen molar-refractivity contribution in [2.45, 2.75) is 17.8 Å². The molecule has 1 aliphatic heterocycles. The molecule has 1 spiro atoms. The molecule has 3 N–H and O–H groups in total. The third kappa shape index (κ3) is 2.87. The maximum absolute atomic E-state index is 15.5. The normalized spacial score (nSPS) is 21.0. The summed E-state index contributed by atoms with van der Waals surface area (Å²) < 4.78 is 15.5. The summed E-state index contributed by atoms with van der Waals surface area (Å²) >= 11 is 6.89. The van der Waals surface area contributed by atoms with Gasteiger partial charge in [-0.1, -0.05) is 11.6 Å². The Morgan fingerprint density at radius 3 is 2.71 bits per heavy atom. The highest BCUT2D eigenvalue weighted by Gasteiger charge is 2.60. The van der Waals surface area contributed by atoms with Crippen molar-refractivity contribution in [2.24, 2.45) is 0 Å². The van der Waals surface area contributed by atoms with Gasteiger partial charge in [-0.15, -0.1) is 0 Å². The van der Waals surface area contributed by atoms with Crippen molar-refractivity contribution >= 4 is 29.0 Å². The lowest BCUT2D eigenvalue weighted by Gasteiger charge is -2.17. The molecule has 1 saturated carbocycles. The maximum Gasteiger partial charge on any atom is 0.258 e. The van der Waals surface area contributed by atoms with Gasteiger partial charge in [0, 0.05) is 67.0 Å². The van der Waals surface area contributed by atoms with E-state index in [2.05, 4.69) is 15.3 Å². The van der Waals surface area contributed by atoms with Crippen LogP contribution in [-0.2, 0) is 5.41 Å². The lowest BCUT2D eigenvalue weighted by Crippen LogP contribution is -2.24. The number of nitrogens with zero attached hydrogens (tertiary/aromatic N) is 3. The van der Waals surface area contributed by atoms with Crippen molar-refractivity contribution in [2.75, 3.05) is 31.7 Å². The van der Waals surface area contributed by atoms with Gasteiger partial charge in [0.15, 0.2) is 0 Å². The Balaban J connectivity index is 1.62. The molecule has 1 aliphatic carbocycles. The Bertz CT molecular complexity index is 1220. The Morgan fingerprint density at radius 2 is 2.00 bits per heavy atom. The van der Waals surface area contributed by atoms with Crippen molar-refractivity contribution < 1.29 is 9.18 Å². The van der Waals surface area contributed by atoms with E-state index in [0.717, 1.165) is 24.3 Å². The lowest BCUT2D eigenvalue weighted by atomic mass is 9.91. The molecule has 2 aromatic heterocycles. The second-order valence-electron chi connectivity index (χ2n) is 8.35. The number of rotatable bonds is 3. The summed E-state index contributed by atoms with van der Waals surface area (Å²) in [6.45, 7) is 0.722. The molecule has 158 valence electrons. The molecule has 3 heterocycles. The number of benzene rings is 1. The highest BCUT2D eigenvalue weighted by molar-refractivity contribution is 6.34. The minimum absolute atomic E-state index is 0.0864. The van der Waals surface area contributed by atoms with Gasteiger partial charge in [-0.2, -0.15) is 0 Å². The number of amides is 1. The van der Waals surface area contributed by atoms with E-state index in [0.29, 0.717) is 16.5 Å². The first kappa shape index (κ1) is 19.8. The molecule has 5 rings (SSSR count). The van der Waals surface area contributed by atoms with E-state index < -0.39 is 11.7 Å². The number of hydrogen-bond acceptors (Lipinski definition) is 5. The number of pyridine rings is 2. The number of anilines is 2. The molecule has 2 atom stereocenters. The van der Waals surface area contributed by atoms with E-state index in [-0.39, 0.29) is 22.2 Å². The van der Waals surface area contributed by atoms with Crippen LogP contribution in [0.25, 0.3) is 11.1 Å². The molecule has 2 unspecified atom stereocenters. The highest BCUT2D eigenvalue weighted by atomic mass is 35.5. The Hall–Kier alpha value is -3.19. The maximum atomic E-state index is 15.5. The Morgan fingerprint density at radius 1 is 1.26 bits per heavy atom. The molecular formula is C23H21ClFN5O. The number of hydrogen-bond donors (Lipinski definition) is 2. The van der Waals surface area contributed by atoms with Crippen molar-refractivity contribution in [3.63, 3.8) is 0 Å². The standard InChI is InChI=1S/C23H21ClFN5O/c1-30(2)22(31)17-16(26)4-3-13(20(17)25)14-10-28-21-18(19(14)24)23(11-29-21)9-15(23)12-5-7-27-8-6-12/h3-8,10,15H,9,11,26H2,1-2H3,(H,28,29). The van der Waals surface area contributed by atoms with Gasteiger partial charge in [0.2, 0.25) is 0 Å². The fraction of sp³-hybridized carbons (Fsp3) is 0.261. The zero-order valence-electron chi connectivity index (χ0n) is 17.1. The first-order valence-corrected chi connectivity index (χ1v) is 10.4. The fourth-order valence-corrected chi connectivity index (χ4v) is 5.07. The number of carbonyl (C=O) groups excluding carboxylic acids is 1. The van der Waals surface area contributed by atoms with Crippen LogP contribution in [0.4, 0.5) is 15.9 Å². The summed E-state index contributed by atoms with van der Waals surface area (Å²) in [5.74, 6) is -0.171. The van der Waals surface area contributed by atoms with Gasteiger partial charge >= 0.3 is 0 Å². The Labute approximate surface area is 184 Å². The van der Waals surface area contributed by atoms with Crippen molar-refractivity contribution in [3.05, 3.63) is 70.4 Å². The number of nitrogens with two attached hydrogens (primary N) is 1. The summed E-state index contributed by atoms with van der Waals surface area (Å²) in [5, 5.41) is 3.81. The topological polar surface area (TPSA) is 84.1 Å². The van der Waals surface area contributed by atoms with Gasteiger partial charge in [-0.3, -0.25) is 9.78 Å². The average molecular weight is 438 g/mol. The number of aromatic nitrogens is 2. The molecule has 8 heteroatoms. The smallest absolute Gasteiger partial charge is 0.258 e. The zero-order valence-corrected chi connectivity index (χ0v) is 17.9. The average Bonchev–Trinajstić information content (AvgIpc) is 3.36. The van der Waals surface area contributed by atoms with Crippen molar-refractivity contribution in [3.8, 4) is 11.1 Å². The van der Waals surface area contributed by atoms with Gasteiger partial charge in [0.05, 0.1) is 10.6 Å². The lowest BCUT2D eigenvalue weighted by molar-refractivity contribution is 0.0824. The quantitative estimate of drug-likeness (QED) is 0.603. The van der Waals surface area contributed by atoms with Crippen LogP contribution in [0, 0.1) is 5.82 Å². The van der Waals surface area contributed by atoms with Crippen LogP contribution in [0.5, 0.6) is 0 Å². The SMILES string of the molecule is CN(C)C(=O)c1c(N)ccc(-c2cnc3c(c2Cl)C2(CN3)CC2c2ccncc2)c1F. The molecule has 6 nitrogen and oxygen atoms in total. The summed E-state index contributed by atoms with van der Waals surface area (Å²) in [4.78, 5) is 22.4. The first-order chi connectivity index (χ1) is 14.8. The van der Waals surface area contributed by atoms with E-state index in [9.17, 15) is 4.79 Å². The minimum atomic E-state index is -0.691. The summed E-state index contributed by atoms with van der Waals surface area (Å²) in [7, 11) is 3.11. The van der Waals surface area contributed by atoms with Crippen LogP contribution in [-0.4, -0.2) is 41.4 Å². The largest absolute Gasteiger partial charge is 0.398 e. The molecule has 0 bridgehead atoms. The number of fused-ring (bicyclic) bond motifs is 2. The van der Waals surface area contributed by atoms with Crippen molar-refractivity contribution in [1.82, 2.24) is 14.9 Å². The van der Waals surface area contributed by atoms with E-state index in [1.165, 1.54) is 16.5 Å². The monoisotopic (exact) mass is 437 g/mol. The number of nitrogen functional groups attached to an aromatic ring is 1. The van der Waals surface area contributed by atoms with Crippen LogP contribution >= 0.6 is 11.6 Å². The second kappa shape index (κ2) is 6.92. The van der Waals surface area contributed by atoms with E-state index in [1.807, 2.05) is 12.1 Å².